The van der Waals surface area contributed by atoms with Crippen molar-refractivity contribution in [2.75, 3.05) is 0 Å². The Morgan fingerprint density at radius 3 is 1.85 bits per heavy atom. The first kappa shape index (κ1) is 14.0. The summed E-state index contributed by atoms with van der Waals surface area (Å²) >= 11 is 0. The number of hydrogen-bond donors (Lipinski definition) is 3. The maximum atomic E-state index is 9.72. The summed E-state index contributed by atoms with van der Waals surface area (Å²) in [6.45, 7) is 4.42. The number of hydrogen-bond acceptors (Lipinski definition) is 4. The summed E-state index contributed by atoms with van der Waals surface area (Å²) in [7, 11) is 0. The number of rotatable bonds is 3. The molecule has 1 unspecified atom stereocenters. The highest BCUT2D eigenvalue weighted by Gasteiger charge is 2.16. The van der Waals surface area contributed by atoms with Crippen LogP contribution in [-0.2, 0) is 9.59 Å². The van der Waals surface area contributed by atoms with Crippen molar-refractivity contribution in [2.24, 2.45) is 0 Å². The maximum absolute atomic E-state index is 9.72. The van der Waals surface area contributed by atoms with Crippen LogP contribution in [0.5, 0.6) is 0 Å². The highest BCUT2D eigenvalue weighted by molar-refractivity contribution is 5.79. The summed E-state index contributed by atoms with van der Waals surface area (Å²) in [6, 6.07) is 0. The molecule has 0 heterocycles. The summed E-state index contributed by atoms with van der Waals surface area (Å²) in [6.07, 6.45) is -2.54. The molecule has 0 bridgehead atoms. The third-order valence-electron chi connectivity index (χ3n) is 0.653. The van der Waals surface area contributed by atoms with Gasteiger partial charge in [-0.05, 0) is 0 Å². The molecule has 0 aliphatic heterocycles. The van der Waals surface area contributed by atoms with Crippen LogP contribution in [0.1, 0.15) is 13.3 Å². The topological polar surface area (TPSA) is 118 Å². The number of aliphatic hydroxyl groups excluding tert-OH is 1. The lowest BCUT2D eigenvalue weighted by atomic mass is 10.3. The normalized spacial score (nSPS) is 10.6. The van der Waals surface area contributed by atoms with Crippen molar-refractivity contribution in [1.29, 1.82) is 0 Å². The van der Waals surface area contributed by atoms with E-state index in [4.69, 9.17) is 15.3 Å². The van der Waals surface area contributed by atoms with Crippen LogP contribution in [0.2, 0.25) is 0 Å². The Labute approximate surface area is 74.7 Å². The van der Waals surface area contributed by atoms with Gasteiger partial charge in [0.25, 0.3) is 0 Å². The molecule has 6 heteroatoms. The van der Waals surface area contributed by atoms with E-state index in [9.17, 15) is 14.7 Å². The fraction of sp³-hybridized carbons (Fsp3) is 0.429. The fourth-order valence-electron chi connectivity index (χ4n) is 0.253. The van der Waals surface area contributed by atoms with Gasteiger partial charge < -0.3 is 20.4 Å². The zero-order valence-electron chi connectivity index (χ0n) is 7.06. The van der Waals surface area contributed by atoms with E-state index in [1.807, 2.05) is 0 Å². The van der Waals surface area contributed by atoms with Crippen molar-refractivity contribution in [3.05, 3.63) is 12.3 Å². The summed E-state index contributed by atoms with van der Waals surface area (Å²) < 4.78 is 0. The van der Waals surface area contributed by atoms with Crippen LogP contribution < -0.4 is 5.11 Å². The Morgan fingerprint density at radius 1 is 1.46 bits per heavy atom. The predicted molar refractivity (Wildman–Crippen MR) is 40.7 cm³/mol. The van der Waals surface area contributed by atoms with Crippen LogP contribution in [0.25, 0.3) is 0 Å². The Hall–Kier alpha value is -1.56. The molecule has 3 N–H and O–H groups in total. The molecule has 0 spiro atoms. The molecule has 1 atom stereocenters. The van der Waals surface area contributed by atoms with E-state index < -0.39 is 24.5 Å². The van der Waals surface area contributed by atoms with Crippen molar-refractivity contribution in [2.45, 2.75) is 19.4 Å². The quantitative estimate of drug-likeness (QED) is 0.481. The highest BCUT2D eigenvalue weighted by atomic mass is 16.4. The van der Waals surface area contributed by atoms with Gasteiger partial charge in [-0.15, -0.1) is 12.3 Å². The number of carbonyl (C=O) groups is 2. The molecule has 0 aliphatic carbocycles. The largest absolute Gasteiger partial charge is 0.876 e. The summed E-state index contributed by atoms with van der Waals surface area (Å²) in [5.41, 5.74) is 0. The lowest BCUT2D eigenvalue weighted by Gasteiger charge is -1.97. The zero-order valence-corrected chi connectivity index (χ0v) is 7.06. The third-order valence-corrected chi connectivity index (χ3v) is 0.653. The highest BCUT2D eigenvalue weighted by Crippen LogP contribution is 1.89. The van der Waals surface area contributed by atoms with E-state index in [0.717, 1.165) is 0 Å². The summed E-state index contributed by atoms with van der Waals surface area (Å²) in [5, 5.41) is 33.5. The first-order chi connectivity index (χ1) is 5.77. The minimum Gasteiger partial charge on any atom is -0.876 e. The summed E-state index contributed by atoms with van der Waals surface area (Å²) in [4.78, 5) is 19.4. The van der Waals surface area contributed by atoms with Crippen molar-refractivity contribution >= 4 is 11.9 Å². The van der Waals surface area contributed by atoms with Gasteiger partial charge >= 0.3 is 11.9 Å². The number of aliphatic hydroxyl groups is 1. The minimum absolute atomic E-state index is 0.0833. The second-order valence-electron chi connectivity index (χ2n) is 2.15. The van der Waals surface area contributed by atoms with Crippen LogP contribution in [0.3, 0.4) is 0 Å². The van der Waals surface area contributed by atoms with Gasteiger partial charge in [-0.3, -0.25) is 4.79 Å². The van der Waals surface area contributed by atoms with Gasteiger partial charge in [-0.1, -0.05) is 6.92 Å². The van der Waals surface area contributed by atoms with Crippen molar-refractivity contribution in [3.63, 3.8) is 0 Å². The second kappa shape index (κ2) is 7.11. The monoisotopic (exact) mass is 191 g/mol. The second-order valence-corrected chi connectivity index (χ2v) is 2.15. The molecule has 0 aliphatic rings. The van der Waals surface area contributed by atoms with Crippen molar-refractivity contribution in [3.8, 4) is 0 Å². The molecule has 0 saturated heterocycles. The van der Waals surface area contributed by atoms with E-state index in [-0.39, 0.29) is 5.76 Å². The molecule has 13 heavy (non-hydrogen) atoms. The number of carboxylic acids is 2. The molecular formula is C7H11O6-. The molecule has 0 aromatic rings. The van der Waals surface area contributed by atoms with E-state index in [1.54, 1.807) is 0 Å². The molecule has 0 fully saturated rings. The van der Waals surface area contributed by atoms with Crippen molar-refractivity contribution < 1.29 is 30.0 Å². The summed E-state index contributed by atoms with van der Waals surface area (Å²) in [5.74, 6) is -2.93. The first-order valence-corrected chi connectivity index (χ1v) is 3.22. The standard InChI is InChI=1S/C4H6O5.C3H6O/c5-2(4(8)9)1-3(6)7;1-3(2)4/h2,5H,1H2,(H,6,7)(H,8,9);4H,1H2,2H3/p-1. The Kier molecular flexibility index (Phi) is 7.65. The van der Waals surface area contributed by atoms with Crippen molar-refractivity contribution in [1.82, 2.24) is 0 Å². The van der Waals surface area contributed by atoms with E-state index >= 15 is 0 Å². The van der Waals surface area contributed by atoms with Gasteiger partial charge in [0.05, 0.1) is 6.42 Å². The first-order valence-electron chi connectivity index (χ1n) is 3.22. The van der Waals surface area contributed by atoms with E-state index in [1.165, 1.54) is 6.92 Å². The van der Waals surface area contributed by atoms with Gasteiger partial charge in [0, 0.05) is 0 Å². The molecule has 6 nitrogen and oxygen atoms in total. The van der Waals surface area contributed by atoms with Crippen LogP contribution in [-0.4, -0.2) is 33.4 Å². The van der Waals surface area contributed by atoms with Gasteiger partial charge in [-0.2, -0.15) is 0 Å². The number of allylic oxidation sites excluding steroid dienone is 1. The van der Waals surface area contributed by atoms with Gasteiger partial charge in [0.2, 0.25) is 0 Å². The van der Waals surface area contributed by atoms with Crippen LogP contribution >= 0.6 is 0 Å². The average Bonchev–Trinajstić information content (AvgIpc) is 1.83. The molecule has 0 aromatic carbocycles. The third kappa shape index (κ3) is 17.9. The molecule has 0 amide bonds. The Balaban J connectivity index is 0. The SMILES string of the molecule is C=C(C)[O-].O=C(O)CC(O)C(=O)O. The lowest BCUT2D eigenvalue weighted by molar-refractivity contribution is -0.300. The number of aliphatic carboxylic acids is 2. The number of carboxylic acid groups (broad SMARTS) is 2. The molecular weight excluding hydrogens is 180 g/mol. The zero-order chi connectivity index (χ0) is 11.0. The molecule has 0 radical (unpaired) electrons. The van der Waals surface area contributed by atoms with E-state index in [0.29, 0.717) is 0 Å². The predicted octanol–water partition coefficient (Wildman–Crippen LogP) is -1.21. The van der Waals surface area contributed by atoms with Gasteiger partial charge in [0.15, 0.2) is 6.10 Å². The van der Waals surface area contributed by atoms with Gasteiger partial charge in [-0.25, -0.2) is 4.79 Å². The van der Waals surface area contributed by atoms with Crippen LogP contribution in [0.4, 0.5) is 0 Å². The maximum Gasteiger partial charge on any atom is 0.333 e. The van der Waals surface area contributed by atoms with Crippen LogP contribution in [0.15, 0.2) is 12.3 Å². The Morgan fingerprint density at radius 2 is 1.77 bits per heavy atom. The molecule has 76 valence electrons. The van der Waals surface area contributed by atoms with E-state index in [2.05, 4.69) is 6.58 Å². The smallest absolute Gasteiger partial charge is 0.333 e. The lowest BCUT2D eigenvalue weighted by Crippen LogP contribution is -2.22. The minimum atomic E-state index is -1.79. The molecule has 0 rings (SSSR count). The molecule has 0 aromatic heterocycles. The fourth-order valence-corrected chi connectivity index (χ4v) is 0.253. The average molecular weight is 191 g/mol. The van der Waals surface area contributed by atoms with Crippen LogP contribution in [0, 0.1) is 0 Å². The Bertz CT molecular complexity index is 193. The van der Waals surface area contributed by atoms with Gasteiger partial charge in [0.1, 0.15) is 0 Å². The molecule has 0 saturated carbocycles.